The van der Waals surface area contributed by atoms with Crippen molar-refractivity contribution in [2.24, 2.45) is 0 Å². The Bertz CT molecular complexity index is 1110. The van der Waals surface area contributed by atoms with Gasteiger partial charge in [-0.3, -0.25) is 19.8 Å². The summed E-state index contributed by atoms with van der Waals surface area (Å²) in [5, 5.41) is 2.63. The van der Waals surface area contributed by atoms with Crippen LogP contribution in [0.5, 0.6) is 5.75 Å². The van der Waals surface area contributed by atoms with E-state index >= 15 is 0 Å². The summed E-state index contributed by atoms with van der Waals surface area (Å²) in [5.41, 5.74) is 3.12. The van der Waals surface area contributed by atoms with Crippen molar-refractivity contribution in [2.45, 2.75) is 33.8 Å². The zero-order valence-electron chi connectivity index (χ0n) is 18.3. The van der Waals surface area contributed by atoms with E-state index in [0.29, 0.717) is 17.0 Å². The van der Waals surface area contributed by atoms with Crippen molar-refractivity contribution in [2.75, 3.05) is 11.5 Å². The maximum Gasteiger partial charge on any atom is 0.344 e. The van der Waals surface area contributed by atoms with Crippen LogP contribution in [0.15, 0.2) is 48.0 Å². The first kappa shape index (κ1) is 23.1. The molecule has 1 heterocycles. The number of hydrogen-bond acceptors (Lipinski definition) is 6. The molecule has 1 aliphatic heterocycles. The number of aryl methyl sites for hydroxylation is 1. The average molecular weight is 453 g/mol. The molecule has 1 N–H and O–H groups in total. The van der Waals surface area contributed by atoms with Crippen LogP contribution in [0.1, 0.15) is 30.5 Å². The Morgan fingerprint density at radius 2 is 1.81 bits per heavy atom. The van der Waals surface area contributed by atoms with Crippen LogP contribution in [0.3, 0.4) is 0 Å². The molecule has 1 aliphatic rings. The van der Waals surface area contributed by atoms with Crippen molar-refractivity contribution in [3.8, 4) is 5.75 Å². The van der Waals surface area contributed by atoms with Gasteiger partial charge in [0.05, 0.1) is 11.8 Å². The molecule has 8 heteroatoms. The molecule has 0 spiro atoms. The van der Waals surface area contributed by atoms with Crippen LogP contribution < -0.4 is 15.0 Å². The Kier molecular flexibility index (Phi) is 7.05. The monoisotopic (exact) mass is 452 g/mol. The number of nitrogens with one attached hydrogen (secondary N) is 1. The molecular weight excluding hydrogens is 428 g/mol. The first-order chi connectivity index (χ1) is 15.2. The molecular formula is C24H24N2O5S. The zero-order chi connectivity index (χ0) is 23.4. The molecule has 7 nitrogen and oxygen atoms in total. The molecule has 0 aromatic heterocycles. The van der Waals surface area contributed by atoms with Gasteiger partial charge in [-0.2, -0.15) is 0 Å². The van der Waals surface area contributed by atoms with Crippen LogP contribution >= 0.6 is 12.2 Å². The summed E-state index contributed by atoms with van der Waals surface area (Å²) in [7, 11) is 0. The number of esters is 1. The lowest BCUT2D eigenvalue weighted by Crippen LogP contribution is -2.54. The number of rotatable bonds is 6. The van der Waals surface area contributed by atoms with Crippen LogP contribution in [-0.2, 0) is 19.1 Å². The number of nitrogens with zero attached hydrogens (tertiary/aromatic N) is 1. The first-order valence-electron chi connectivity index (χ1n) is 10.1. The summed E-state index contributed by atoms with van der Waals surface area (Å²) in [5.74, 6) is -1.05. The molecule has 0 aliphatic carbocycles. The molecule has 0 saturated carbocycles. The molecule has 0 atom stereocenters. The molecule has 32 heavy (non-hydrogen) atoms. The molecule has 2 aromatic rings. The minimum absolute atomic E-state index is 0.0336. The highest BCUT2D eigenvalue weighted by Gasteiger charge is 2.35. The van der Waals surface area contributed by atoms with E-state index in [4.69, 9.17) is 21.7 Å². The number of ether oxygens (including phenoxy) is 2. The Labute approximate surface area is 192 Å². The number of thiocarbonyl (C=S) groups is 1. The molecule has 0 radical (unpaired) electrons. The van der Waals surface area contributed by atoms with E-state index in [1.807, 2.05) is 26.0 Å². The summed E-state index contributed by atoms with van der Waals surface area (Å²) >= 11 is 5.27. The van der Waals surface area contributed by atoms with Gasteiger partial charge in [0.25, 0.3) is 11.8 Å². The number of hydrogen-bond donors (Lipinski definition) is 1. The largest absolute Gasteiger partial charge is 0.482 e. The standard InChI is InChI=1S/C24H24N2O5S/c1-14(2)31-21(27)13-30-18-10-8-17(9-11-18)12-19-22(28)25-24(32)26(23(19)29)20-7-5-6-15(3)16(20)4/h5-12,14H,13H2,1-4H3,(H,25,28,32)/b19-12+. The van der Waals surface area contributed by atoms with E-state index in [1.54, 1.807) is 44.2 Å². The minimum Gasteiger partial charge on any atom is -0.482 e. The van der Waals surface area contributed by atoms with Gasteiger partial charge in [0, 0.05) is 0 Å². The highest BCUT2D eigenvalue weighted by atomic mass is 32.1. The average Bonchev–Trinajstić information content (AvgIpc) is 2.73. The highest BCUT2D eigenvalue weighted by Crippen LogP contribution is 2.27. The van der Waals surface area contributed by atoms with Gasteiger partial charge in [-0.25, -0.2) is 4.79 Å². The number of benzene rings is 2. The fourth-order valence-corrected chi connectivity index (χ4v) is 3.39. The van der Waals surface area contributed by atoms with Gasteiger partial charge in [0.2, 0.25) is 0 Å². The molecule has 3 rings (SSSR count). The Hall–Kier alpha value is -3.52. The lowest BCUT2D eigenvalue weighted by Gasteiger charge is -2.30. The van der Waals surface area contributed by atoms with E-state index < -0.39 is 17.8 Å². The second kappa shape index (κ2) is 9.74. The van der Waals surface area contributed by atoms with Crippen LogP contribution in [0, 0.1) is 13.8 Å². The fraction of sp³-hybridized carbons (Fsp3) is 0.250. The maximum atomic E-state index is 13.2. The van der Waals surface area contributed by atoms with Gasteiger partial charge in [0.15, 0.2) is 11.7 Å². The fourth-order valence-electron chi connectivity index (χ4n) is 3.12. The quantitative estimate of drug-likeness (QED) is 0.313. The topological polar surface area (TPSA) is 84.9 Å². The van der Waals surface area contributed by atoms with Gasteiger partial charge < -0.3 is 9.47 Å². The molecule has 1 fully saturated rings. The third-order valence-electron chi connectivity index (χ3n) is 4.83. The number of carbonyl (C=O) groups excluding carboxylic acids is 3. The van der Waals surface area contributed by atoms with Crippen molar-refractivity contribution < 1.29 is 23.9 Å². The van der Waals surface area contributed by atoms with Crippen LogP contribution in [0.4, 0.5) is 5.69 Å². The lowest BCUT2D eigenvalue weighted by atomic mass is 10.0. The second-order valence-electron chi connectivity index (χ2n) is 7.57. The third kappa shape index (κ3) is 5.20. The number of anilines is 1. The third-order valence-corrected chi connectivity index (χ3v) is 5.12. The number of carbonyl (C=O) groups is 3. The number of amides is 2. The van der Waals surface area contributed by atoms with Gasteiger partial charge in [-0.05, 0) is 80.9 Å². The first-order valence-corrected chi connectivity index (χ1v) is 10.5. The molecule has 166 valence electrons. The van der Waals surface area contributed by atoms with Crippen LogP contribution in [0.2, 0.25) is 0 Å². The maximum absolute atomic E-state index is 13.2. The summed E-state index contributed by atoms with van der Waals surface area (Å²) in [6.45, 7) is 7.16. The van der Waals surface area contributed by atoms with E-state index in [9.17, 15) is 14.4 Å². The van der Waals surface area contributed by atoms with Gasteiger partial charge in [-0.1, -0.05) is 24.3 Å². The summed E-state index contributed by atoms with van der Waals surface area (Å²) < 4.78 is 10.4. The van der Waals surface area contributed by atoms with E-state index in [0.717, 1.165) is 11.1 Å². The SMILES string of the molecule is Cc1cccc(N2C(=O)/C(=C/c3ccc(OCC(=O)OC(C)C)cc3)C(=O)NC2=S)c1C. The zero-order valence-corrected chi connectivity index (χ0v) is 19.1. The van der Waals surface area contributed by atoms with E-state index in [-0.39, 0.29) is 23.4 Å². The van der Waals surface area contributed by atoms with Crippen molar-refractivity contribution in [3.05, 3.63) is 64.7 Å². The molecule has 2 aromatic carbocycles. The Morgan fingerprint density at radius 3 is 2.47 bits per heavy atom. The molecule has 1 saturated heterocycles. The van der Waals surface area contributed by atoms with E-state index in [2.05, 4.69) is 5.32 Å². The summed E-state index contributed by atoms with van der Waals surface area (Å²) in [4.78, 5) is 38.6. The summed E-state index contributed by atoms with van der Waals surface area (Å²) in [6.07, 6.45) is 1.28. The summed E-state index contributed by atoms with van der Waals surface area (Å²) in [6, 6.07) is 12.2. The predicted octanol–water partition coefficient (Wildman–Crippen LogP) is 3.47. The predicted molar refractivity (Wildman–Crippen MR) is 125 cm³/mol. The van der Waals surface area contributed by atoms with Crippen LogP contribution in [-0.4, -0.2) is 35.6 Å². The Morgan fingerprint density at radius 1 is 1.12 bits per heavy atom. The smallest absolute Gasteiger partial charge is 0.344 e. The van der Waals surface area contributed by atoms with Crippen molar-refractivity contribution >= 4 is 46.9 Å². The van der Waals surface area contributed by atoms with E-state index in [1.165, 1.54) is 11.0 Å². The second-order valence-corrected chi connectivity index (χ2v) is 7.96. The highest BCUT2D eigenvalue weighted by molar-refractivity contribution is 7.80. The van der Waals surface area contributed by atoms with Crippen molar-refractivity contribution in [3.63, 3.8) is 0 Å². The van der Waals surface area contributed by atoms with Gasteiger partial charge in [0.1, 0.15) is 11.3 Å². The lowest BCUT2D eigenvalue weighted by molar-refractivity contribution is -0.149. The van der Waals surface area contributed by atoms with Crippen LogP contribution in [0.25, 0.3) is 6.08 Å². The normalized spacial score (nSPS) is 15.2. The molecule has 0 unspecified atom stereocenters. The molecule has 0 bridgehead atoms. The van der Waals surface area contributed by atoms with Crippen molar-refractivity contribution in [1.82, 2.24) is 5.32 Å². The van der Waals surface area contributed by atoms with Gasteiger partial charge in [-0.15, -0.1) is 0 Å². The Balaban J connectivity index is 1.80. The van der Waals surface area contributed by atoms with Crippen molar-refractivity contribution in [1.29, 1.82) is 0 Å². The van der Waals surface area contributed by atoms with Gasteiger partial charge >= 0.3 is 5.97 Å². The molecule has 2 amide bonds. The minimum atomic E-state index is -0.557.